The Morgan fingerprint density at radius 2 is 1.40 bits per heavy atom. The second kappa shape index (κ2) is 5.11. The van der Waals surface area contributed by atoms with E-state index in [2.05, 4.69) is 0 Å². The van der Waals surface area contributed by atoms with Gasteiger partial charge in [-0.2, -0.15) is 0 Å². The van der Waals surface area contributed by atoms with E-state index in [1.54, 1.807) is 53.7 Å². The van der Waals surface area contributed by atoms with Gasteiger partial charge in [0.25, 0.3) is 12.1 Å². The average Bonchev–Trinajstić information content (AvgIpc) is 2.24. The minimum Gasteiger partial charge on any atom is -0.258 e. The summed E-state index contributed by atoms with van der Waals surface area (Å²) in [6, 6.07) is 3.19. The first kappa shape index (κ1) is 16.5. The normalized spacial score (nSPS) is 12.8. The Hall–Kier alpha value is -1.52. The number of benzene rings is 1. The van der Waals surface area contributed by atoms with Gasteiger partial charge in [-0.15, -0.1) is 0 Å². The van der Waals surface area contributed by atoms with Crippen molar-refractivity contribution in [2.45, 2.75) is 58.8 Å². The average molecular weight is 285 g/mol. The van der Waals surface area contributed by atoms with Crippen molar-refractivity contribution in [3.8, 4) is 0 Å². The zero-order valence-corrected chi connectivity index (χ0v) is 12.8. The third kappa shape index (κ3) is 3.14. The van der Waals surface area contributed by atoms with Crippen LogP contribution in [-0.4, -0.2) is 4.92 Å². The van der Waals surface area contributed by atoms with Crippen molar-refractivity contribution in [1.82, 2.24) is 0 Å². The summed E-state index contributed by atoms with van der Waals surface area (Å²) in [5.74, 6) is 0. The summed E-state index contributed by atoms with van der Waals surface area (Å²) in [4.78, 5) is 10.7. The fraction of sp³-hybridized carbons (Fsp3) is 0.600. The lowest BCUT2D eigenvalue weighted by Crippen LogP contribution is -2.20. The SMILES string of the molecule is CC(C)(C)c1ccc(C(C)(C)C)c([N+](=O)[O-])c1C(F)F. The van der Waals surface area contributed by atoms with E-state index in [1.165, 1.54) is 0 Å². The quantitative estimate of drug-likeness (QED) is 0.558. The van der Waals surface area contributed by atoms with Gasteiger partial charge in [0.15, 0.2) is 0 Å². The number of alkyl halides is 2. The van der Waals surface area contributed by atoms with Crippen LogP contribution in [0.4, 0.5) is 14.5 Å². The second-order valence-corrected chi connectivity index (χ2v) is 6.98. The first-order valence-electron chi connectivity index (χ1n) is 6.47. The summed E-state index contributed by atoms with van der Waals surface area (Å²) in [5, 5.41) is 11.3. The number of hydrogen-bond acceptors (Lipinski definition) is 2. The van der Waals surface area contributed by atoms with Crippen molar-refractivity contribution < 1.29 is 13.7 Å². The van der Waals surface area contributed by atoms with Crippen LogP contribution in [0.1, 0.15) is 64.7 Å². The van der Waals surface area contributed by atoms with E-state index in [0.717, 1.165) is 0 Å². The molecule has 0 unspecified atom stereocenters. The lowest BCUT2D eigenvalue weighted by Gasteiger charge is -2.26. The standard InChI is InChI=1S/C15H21F2NO2/c1-14(2,3)9-7-8-10(15(4,5)6)12(18(19)20)11(9)13(16)17/h7-8,13H,1-6H3. The molecule has 3 nitrogen and oxygen atoms in total. The fourth-order valence-corrected chi connectivity index (χ4v) is 2.28. The Balaban J connectivity index is 3.83. The van der Waals surface area contributed by atoms with E-state index in [9.17, 15) is 18.9 Å². The van der Waals surface area contributed by atoms with E-state index in [-0.39, 0.29) is 0 Å². The first-order valence-corrected chi connectivity index (χ1v) is 6.47. The Bertz CT molecular complexity index is 526. The van der Waals surface area contributed by atoms with E-state index in [0.29, 0.717) is 11.1 Å². The van der Waals surface area contributed by atoms with Crippen molar-refractivity contribution in [1.29, 1.82) is 0 Å². The van der Waals surface area contributed by atoms with Crippen molar-refractivity contribution in [2.75, 3.05) is 0 Å². The Labute approximate surface area is 118 Å². The zero-order chi connectivity index (χ0) is 15.9. The molecule has 0 amide bonds. The Kier molecular flexibility index (Phi) is 4.22. The van der Waals surface area contributed by atoms with Crippen LogP contribution in [0.3, 0.4) is 0 Å². The van der Waals surface area contributed by atoms with Gasteiger partial charge in [-0.3, -0.25) is 10.1 Å². The molecule has 0 aliphatic rings. The van der Waals surface area contributed by atoms with Gasteiger partial charge in [0.1, 0.15) is 0 Å². The molecule has 0 saturated heterocycles. The minimum atomic E-state index is -2.87. The highest BCUT2D eigenvalue weighted by Gasteiger charge is 2.36. The van der Waals surface area contributed by atoms with Crippen LogP contribution >= 0.6 is 0 Å². The highest BCUT2D eigenvalue weighted by molar-refractivity contribution is 5.56. The molecule has 0 heterocycles. The zero-order valence-electron chi connectivity index (χ0n) is 12.8. The van der Waals surface area contributed by atoms with Crippen LogP contribution in [0.25, 0.3) is 0 Å². The van der Waals surface area contributed by atoms with E-state index >= 15 is 0 Å². The molecule has 0 bridgehead atoms. The molecule has 20 heavy (non-hydrogen) atoms. The van der Waals surface area contributed by atoms with Gasteiger partial charge in [0, 0.05) is 5.56 Å². The molecule has 0 spiro atoms. The minimum absolute atomic E-state index is 0.326. The van der Waals surface area contributed by atoms with Crippen molar-refractivity contribution in [3.63, 3.8) is 0 Å². The maximum atomic E-state index is 13.4. The largest absolute Gasteiger partial charge is 0.282 e. The molecule has 0 saturated carbocycles. The molecule has 0 aliphatic carbocycles. The fourth-order valence-electron chi connectivity index (χ4n) is 2.28. The molecule has 0 aromatic heterocycles. The number of nitro groups is 1. The van der Waals surface area contributed by atoms with Gasteiger partial charge >= 0.3 is 0 Å². The predicted molar refractivity (Wildman–Crippen MR) is 75.5 cm³/mol. The van der Waals surface area contributed by atoms with Gasteiger partial charge in [0.2, 0.25) is 0 Å². The molecule has 0 N–H and O–H groups in total. The molecule has 112 valence electrons. The smallest absolute Gasteiger partial charge is 0.258 e. The molecular formula is C15H21F2NO2. The van der Waals surface area contributed by atoms with E-state index in [1.807, 2.05) is 0 Å². The Morgan fingerprint density at radius 1 is 1.00 bits per heavy atom. The third-order valence-corrected chi connectivity index (χ3v) is 3.23. The maximum absolute atomic E-state index is 13.4. The number of halogens is 2. The van der Waals surface area contributed by atoms with Crippen LogP contribution in [0, 0.1) is 10.1 Å². The number of nitro benzene ring substituents is 1. The molecule has 5 heteroatoms. The van der Waals surface area contributed by atoms with Crippen molar-refractivity contribution >= 4 is 5.69 Å². The van der Waals surface area contributed by atoms with Gasteiger partial charge in [-0.05, 0) is 16.4 Å². The predicted octanol–water partition coefficient (Wildman–Crippen LogP) is 5.13. The first-order chi connectivity index (χ1) is 8.87. The van der Waals surface area contributed by atoms with E-state index < -0.39 is 33.4 Å². The lowest BCUT2D eigenvalue weighted by molar-refractivity contribution is -0.387. The van der Waals surface area contributed by atoms with Gasteiger partial charge in [0.05, 0.1) is 10.5 Å². The number of nitrogens with zero attached hydrogens (tertiary/aromatic N) is 1. The lowest BCUT2D eigenvalue weighted by atomic mass is 9.78. The van der Waals surface area contributed by atoms with Crippen molar-refractivity contribution in [3.05, 3.63) is 38.9 Å². The monoisotopic (exact) mass is 285 g/mol. The topological polar surface area (TPSA) is 43.1 Å². The summed E-state index contributed by atoms with van der Waals surface area (Å²) in [6.07, 6.45) is -2.87. The second-order valence-electron chi connectivity index (χ2n) is 6.98. The van der Waals surface area contributed by atoms with Gasteiger partial charge in [-0.25, -0.2) is 8.78 Å². The number of rotatable bonds is 2. The highest BCUT2D eigenvalue weighted by Crippen LogP contribution is 2.43. The summed E-state index contributed by atoms with van der Waals surface area (Å²) in [5.41, 5.74) is -1.37. The number of hydrogen-bond donors (Lipinski definition) is 0. The molecule has 1 aromatic carbocycles. The molecule has 1 aromatic rings. The third-order valence-electron chi connectivity index (χ3n) is 3.23. The van der Waals surface area contributed by atoms with Crippen LogP contribution in [0.5, 0.6) is 0 Å². The van der Waals surface area contributed by atoms with Gasteiger partial charge < -0.3 is 0 Å². The van der Waals surface area contributed by atoms with Gasteiger partial charge in [-0.1, -0.05) is 53.7 Å². The Morgan fingerprint density at radius 3 is 1.70 bits per heavy atom. The molecule has 0 radical (unpaired) electrons. The summed E-state index contributed by atoms with van der Waals surface area (Å²) < 4.78 is 26.9. The van der Waals surface area contributed by atoms with Crippen LogP contribution < -0.4 is 0 Å². The highest BCUT2D eigenvalue weighted by atomic mass is 19.3. The summed E-state index contributed by atoms with van der Waals surface area (Å²) >= 11 is 0. The molecule has 1 rings (SSSR count). The molecule has 0 fully saturated rings. The van der Waals surface area contributed by atoms with E-state index in [4.69, 9.17) is 0 Å². The summed E-state index contributed by atoms with van der Waals surface area (Å²) in [6.45, 7) is 10.7. The summed E-state index contributed by atoms with van der Waals surface area (Å²) in [7, 11) is 0. The maximum Gasteiger partial charge on any atom is 0.282 e. The molecular weight excluding hydrogens is 264 g/mol. The molecule has 0 atom stereocenters. The van der Waals surface area contributed by atoms with Crippen LogP contribution in [0.15, 0.2) is 12.1 Å². The molecule has 0 aliphatic heterocycles. The van der Waals surface area contributed by atoms with Crippen LogP contribution in [0.2, 0.25) is 0 Å². The van der Waals surface area contributed by atoms with Crippen LogP contribution in [-0.2, 0) is 10.8 Å². The van der Waals surface area contributed by atoms with Crippen molar-refractivity contribution in [2.24, 2.45) is 0 Å².